The molecule has 0 atom stereocenters. The number of carbonyl (C=O) groups is 1. The summed E-state index contributed by atoms with van der Waals surface area (Å²) < 4.78 is 25.2. The maximum atomic E-state index is 12.7. The Labute approximate surface area is 68.0 Å². The molecule has 0 saturated carbocycles. The first-order valence-electron chi connectivity index (χ1n) is 3.15. The number of rotatable bonds is 0. The summed E-state index contributed by atoms with van der Waals surface area (Å²) in [6, 6.07) is 3.61. The summed E-state index contributed by atoms with van der Waals surface area (Å²) in [5.41, 5.74) is -0.109. The lowest BCUT2D eigenvalue weighted by Gasteiger charge is -1.93. The maximum Gasteiger partial charge on any atom is 0.193 e. The number of hydrogen-bond acceptors (Lipinski definition) is 1. The quantitative estimate of drug-likeness (QED) is 0.421. The predicted octanol–water partition coefficient (Wildman–Crippen LogP) is 1.52. The summed E-state index contributed by atoms with van der Waals surface area (Å²) in [6.45, 7) is 0. The van der Waals surface area contributed by atoms with Gasteiger partial charge in [0.25, 0.3) is 0 Å². The van der Waals surface area contributed by atoms with E-state index in [9.17, 15) is 13.6 Å². The molecule has 0 aliphatic carbocycles. The molecule has 0 fully saturated rings. The summed E-state index contributed by atoms with van der Waals surface area (Å²) in [5, 5.41) is 0. The van der Waals surface area contributed by atoms with Crippen LogP contribution in [0, 0.1) is 23.5 Å². The zero-order valence-corrected chi connectivity index (χ0v) is 5.97. The van der Waals surface area contributed by atoms with Crippen LogP contribution in [0.1, 0.15) is 5.56 Å². The Bertz CT molecular complexity index is 361. The van der Waals surface area contributed by atoms with Crippen LogP contribution in [0.3, 0.4) is 0 Å². The summed E-state index contributed by atoms with van der Waals surface area (Å²) in [7, 11) is 0. The van der Waals surface area contributed by atoms with Gasteiger partial charge in [0.15, 0.2) is 17.9 Å². The van der Waals surface area contributed by atoms with Crippen LogP contribution >= 0.6 is 0 Å². The highest BCUT2D eigenvalue weighted by Crippen LogP contribution is 2.09. The van der Waals surface area contributed by atoms with Crippen molar-refractivity contribution in [2.45, 2.75) is 0 Å². The highest BCUT2D eigenvalue weighted by Gasteiger charge is 2.03. The van der Waals surface area contributed by atoms with Crippen molar-refractivity contribution in [2.75, 3.05) is 0 Å². The van der Waals surface area contributed by atoms with Gasteiger partial charge in [0, 0.05) is 0 Å². The van der Waals surface area contributed by atoms with E-state index in [0.29, 0.717) is 6.29 Å². The second-order valence-electron chi connectivity index (χ2n) is 1.99. The van der Waals surface area contributed by atoms with Gasteiger partial charge in [0.1, 0.15) is 0 Å². The van der Waals surface area contributed by atoms with Crippen molar-refractivity contribution in [3.05, 3.63) is 35.4 Å². The van der Waals surface area contributed by atoms with E-state index >= 15 is 0 Å². The van der Waals surface area contributed by atoms with E-state index in [-0.39, 0.29) is 5.56 Å². The van der Waals surface area contributed by atoms with E-state index in [1.807, 2.05) is 5.92 Å². The molecule has 0 heterocycles. The fraction of sp³-hybridized carbons (Fsp3) is 0. The fourth-order valence-electron chi connectivity index (χ4n) is 0.708. The summed E-state index contributed by atoms with van der Waals surface area (Å²) in [6.07, 6.45) is 0.324. The topological polar surface area (TPSA) is 17.1 Å². The molecule has 60 valence electrons. The first kappa shape index (κ1) is 8.41. The van der Waals surface area contributed by atoms with Gasteiger partial charge in [-0.3, -0.25) is 4.79 Å². The molecule has 0 aliphatic heterocycles. The number of aldehydes is 1. The van der Waals surface area contributed by atoms with Crippen LogP contribution in [-0.2, 0) is 4.79 Å². The second-order valence-corrected chi connectivity index (χ2v) is 1.99. The minimum Gasteiger partial charge on any atom is -0.289 e. The monoisotopic (exact) mass is 166 g/mol. The molecule has 0 radical (unpaired) electrons. The van der Waals surface area contributed by atoms with E-state index in [2.05, 4.69) is 5.92 Å². The second kappa shape index (κ2) is 3.63. The van der Waals surface area contributed by atoms with Gasteiger partial charge in [-0.15, -0.1) is 0 Å². The Morgan fingerprint density at radius 3 is 2.75 bits per heavy atom. The van der Waals surface area contributed by atoms with Crippen molar-refractivity contribution in [3.8, 4) is 11.8 Å². The molecule has 0 N–H and O–H groups in total. The highest BCUT2D eigenvalue weighted by atomic mass is 19.2. The third kappa shape index (κ3) is 1.67. The lowest BCUT2D eigenvalue weighted by Crippen LogP contribution is -1.87. The zero-order valence-electron chi connectivity index (χ0n) is 5.97. The Kier molecular flexibility index (Phi) is 2.54. The molecule has 0 saturated heterocycles. The van der Waals surface area contributed by atoms with Gasteiger partial charge in [-0.1, -0.05) is 12.0 Å². The van der Waals surface area contributed by atoms with Gasteiger partial charge >= 0.3 is 0 Å². The van der Waals surface area contributed by atoms with E-state index in [4.69, 9.17) is 0 Å². The van der Waals surface area contributed by atoms with Crippen LogP contribution in [0.25, 0.3) is 0 Å². The molecule has 0 aromatic heterocycles. The van der Waals surface area contributed by atoms with Crippen LogP contribution in [0.5, 0.6) is 0 Å². The van der Waals surface area contributed by atoms with Crippen molar-refractivity contribution in [1.82, 2.24) is 0 Å². The van der Waals surface area contributed by atoms with Crippen molar-refractivity contribution < 1.29 is 13.6 Å². The number of carbonyl (C=O) groups excluding carboxylic acids is 1. The number of hydrogen-bond donors (Lipinski definition) is 0. The van der Waals surface area contributed by atoms with Crippen molar-refractivity contribution in [2.24, 2.45) is 0 Å². The Balaban J connectivity index is 3.16. The molecular formula is C9H4F2O. The third-order valence-electron chi connectivity index (χ3n) is 1.22. The molecule has 3 heteroatoms. The molecule has 1 rings (SSSR count). The minimum absolute atomic E-state index is 0.109. The molecule has 12 heavy (non-hydrogen) atoms. The van der Waals surface area contributed by atoms with Gasteiger partial charge in [0.05, 0.1) is 5.56 Å². The summed E-state index contributed by atoms with van der Waals surface area (Å²) in [4.78, 5) is 9.78. The van der Waals surface area contributed by atoms with Crippen LogP contribution in [0.2, 0.25) is 0 Å². The SMILES string of the molecule is O=CC#Cc1cccc(F)c1F. The Hall–Kier alpha value is -1.69. The lowest BCUT2D eigenvalue weighted by atomic mass is 10.2. The normalized spacial score (nSPS) is 8.50. The molecule has 0 unspecified atom stereocenters. The largest absolute Gasteiger partial charge is 0.289 e. The van der Waals surface area contributed by atoms with Gasteiger partial charge in [0.2, 0.25) is 0 Å². The third-order valence-corrected chi connectivity index (χ3v) is 1.22. The minimum atomic E-state index is -1.02. The average Bonchev–Trinajstić information content (AvgIpc) is 2.08. The van der Waals surface area contributed by atoms with E-state index in [1.54, 1.807) is 0 Å². The lowest BCUT2D eigenvalue weighted by molar-refractivity contribution is -0.103. The molecule has 0 spiro atoms. The summed E-state index contributed by atoms with van der Waals surface area (Å²) in [5.74, 6) is 2.18. The van der Waals surface area contributed by atoms with Crippen LogP contribution in [-0.4, -0.2) is 6.29 Å². The van der Waals surface area contributed by atoms with E-state index in [1.165, 1.54) is 12.1 Å². The Morgan fingerprint density at radius 1 is 1.33 bits per heavy atom. The smallest absolute Gasteiger partial charge is 0.193 e. The fourth-order valence-corrected chi connectivity index (χ4v) is 0.708. The summed E-state index contributed by atoms with van der Waals surface area (Å²) >= 11 is 0. The van der Waals surface area contributed by atoms with Gasteiger partial charge in [-0.25, -0.2) is 8.78 Å². The molecule has 0 amide bonds. The maximum absolute atomic E-state index is 12.7. The Morgan fingerprint density at radius 2 is 2.08 bits per heavy atom. The number of halogens is 2. The zero-order chi connectivity index (χ0) is 8.97. The van der Waals surface area contributed by atoms with Gasteiger partial charge in [-0.2, -0.15) is 0 Å². The van der Waals surface area contributed by atoms with Crippen molar-refractivity contribution >= 4 is 6.29 Å². The molecular weight excluding hydrogens is 162 g/mol. The molecule has 0 aliphatic rings. The predicted molar refractivity (Wildman–Crippen MR) is 39.3 cm³/mol. The van der Waals surface area contributed by atoms with Crippen LogP contribution in [0.4, 0.5) is 8.78 Å². The van der Waals surface area contributed by atoms with Crippen LogP contribution < -0.4 is 0 Å². The van der Waals surface area contributed by atoms with E-state index < -0.39 is 11.6 Å². The van der Waals surface area contributed by atoms with Gasteiger partial charge in [-0.05, 0) is 18.1 Å². The molecule has 1 aromatic carbocycles. The molecule has 1 nitrogen and oxygen atoms in total. The van der Waals surface area contributed by atoms with Crippen molar-refractivity contribution in [3.63, 3.8) is 0 Å². The first-order valence-corrected chi connectivity index (χ1v) is 3.15. The number of benzene rings is 1. The van der Waals surface area contributed by atoms with Crippen LogP contribution in [0.15, 0.2) is 18.2 Å². The molecule has 1 aromatic rings. The van der Waals surface area contributed by atoms with E-state index in [0.717, 1.165) is 6.07 Å². The standard InChI is InChI=1S/C9H4F2O/c10-8-5-1-3-7(9(8)11)4-2-6-12/h1,3,5-6H. The first-order chi connectivity index (χ1) is 5.75. The highest BCUT2D eigenvalue weighted by molar-refractivity contribution is 5.73. The average molecular weight is 166 g/mol. The van der Waals surface area contributed by atoms with Crippen molar-refractivity contribution in [1.29, 1.82) is 0 Å². The van der Waals surface area contributed by atoms with Gasteiger partial charge < -0.3 is 0 Å². The molecule has 0 bridgehead atoms.